The Morgan fingerprint density at radius 3 is 2.72 bits per heavy atom. The number of anilines is 1. The number of carbonyl (C=O) groups is 2. The fourth-order valence-electron chi connectivity index (χ4n) is 3.41. The average Bonchev–Trinajstić information content (AvgIpc) is 2.81. The Hall–Kier alpha value is -3.22. The number of halogens is 1. The molecule has 0 saturated carbocycles. The van der Waals surface area contributed by atoms with Crippen LogP contribution in [0.3, 0.4) is 0 Å². The number of para-hydroxylation sites is 1. The van der Waals surface area contributed by atoms with Gasteiger partial charge in [-0.15, -0.1) is 0 Å². The molecule has 0 bridgehead atoms. The molecule has 32 heavy (non-hydrogen) atoms. The number of hydrogen-bond acceptors (Lipinski definition) is 4. The summed E-state index contributed by atoms with van der Waals surface area (Å²) in [6, 6.07) is 20.3. The molecule has 1 heterocycles. The third kappa shape index (κ3) is 4.66. The normalized spacial score (nSPS) is 14.3. The third-order valence-electron chi connectivity index (χ3n) is 5.10. The maximum atomic E-state index is 12.9. The molecule has 0 saturated heterocycles. The number of nitrogens with one attached hydrogen (secondary N) is 1. The molecule has 0 fully saturated rings. The van der Waals surface area contributed by atoms with Crippen molar-refractivity contribution in [1.29, 1.82) is 0 Å². The van der Waals surface area contributed by atoms with Gasteiger partial charge in [-0.1, -0.05) is 53.7 Å². The van der Waals surface area contributed by atoms with Crippen LogP contribution in [0.25, 0.3) is 6.08 Å². The fraction of sp³-hybridized carbons (Fsp3) is 0.120. The molecular weight excluding hydrogens is 444 g/mol. The first-order chi connectivity index (χ1) is 15.5. The molecule has 3 aromatic rings. The summed E-state index contributed by atoms with van der Waals surface area (Å²) >= 11 is 7.44. The monoisotopic (exact) mass is 464 g/mol. The van der Waals surface area contributed by atoms with Gasteiger partial charge in [0.2, 0.25) is 0 Å². The second-order valence-electron chi connectivity index (χ2n) is 7.21. The molecule has 162 valence electrons. The topological polar surface area (TPSA) is 58.6 Å². The van der Waals surface area contributed by atoms with Crippen molar-refractivity contribution in [2.24, 2.45) is 0 Å². The van der Waals surface area contributed by atoms with Crippen molar-refractivity contribution in [3.05, 3.63) is 93.3 Å². The molecule has 1 N–H and O–H groups in total. The first-order valence-electron chi connectivity index (χ1n) is 9.93. The average molecular weight is 465 g/mol. The van der Waals surface area contributed by atoms with Gasteiger partial charge in [0.15, 0.2) is 0 Å². The first-order valence-corrected chi connectivity index (χ1v) is 11.1. The molecule has 5 nitrogen and oxygen atoms in total. The second kappa shape index (κ2) is 9.51. The van der Waals surface area contributed by atoms with E-state index in [2.05, 4.69) is 5.32 Å². The zero-order valence-electron chi connectivity index (χ0n) is 17.6. The number of ether oxygens (including phenoxy) is 1. The van der Waals surface area contributed by atoms with Gasteiger partial charge in [-0.3, -0.25) is 9.59 Å². The van der Waals surface area contributed by atoms with Crippen molar-refractivity contribution in [3.8, 4) is 5.75 Å². The summed E-state index contributed by atoms with van der Waals surface area (Å²) in [7, 11) is 3.31. The molecule has 0 unspecified atom stereocenters. The van der Waals surface area contributed by atoms with E-state index in [4.69, 9.17) is 16.3 Å². The van der Waals surface area contributed by atoms with E-state index in [0.29, 0.717) is 27.7 Å². The number of hydrogen-bond donors (Lipinski definition) is 1. The molecule has 3 aromatic carbocycles. The molecule has 1 aliphatic heterocycles. The number of amides is 2. The number of rotatable bonds is 5. The van der Waals surface area contributed by atoms with Crippen LogP contribution in [0.1, 0.15) is 21.5 Å². The van der Waals surface area contributed by atoms with Gasteiger partial charge in [0.05, 0.1) is 17.7 Å². The minimum atomic E-state index is -0.218. The molecule has 0 aromatic heterocycles. The van der Waals surface area contributed by atoms with E-state index in [9.17, 15) is 9.59 Å². The van der Waals surface area contributed by atoms with E-state index < -0.39 is 0 Å². The van der Waals surface area contributed by atoms with Crippen LogP contribution < -0.4 is 15.0 Å². The van der Waals surface area contributed by atoms with Crippen LogP contribution in [-0.2, 0) is 11.3 Å². The van der Waals surface area contributed by atoms with Crippen LogP contribution in [0.15, 0.2) is 76.5 Å². The standard InChI is InChI=1S/C25H21ClN2O3S/c1-28-20-14-17(24(29)27-15-18-7-3-4-9-21(18)31-2)10-11-22(20)32-23(25(28)30)13-16-6-5-8-19(26)12-16/h3-14H,15H2,1-2H3,(H,27,29)/b23-13-. The highest BCUT2D eigenvalue weighted by Gasteiger charge is 2.27. The van der Waals surface area contributed by atoms with E-state index in [1.54, 1.807) is 37.3 Å². The molecular formula is C25H21ClN2O3S. The smallest absolute Gasteiger partial charge is 0.264 e. The fourth-order valence-corrected chi connectivity index (χ4v) is 4.70. The minimum absolute atomic E-state index is 0.131. The molecule has 2 amide bonds. The van der Waals surface area contributed by atoms with Crippen LogP contribution in [0.2, 0.25) is 5.02 Å². The van der Waals surface area contributed by atoms with Crippen molar-refractivity contribution in [3.63, 3.8) is 0 Å². The summed E-state index contributed by atoms with van der Waals surface area (Å²) in [5.41, 5.74) is 2.94. The van der Waals surface area contributed by atoms with Gasteiger partial charge >= 0.3 is 0 Å². The van der Waals surface area contributed by atoms with Crippen molar-refractivity contribution < 1.29 is 14.3 Å². The Morgan fingerprint density at radius 2 is 1.94 bits per heavy atom. The first kappa shape index (κ1) is 22.0. The number of nitrogens with zero attached hydrogens (tertiary/aromatic N) is 1. The van der Waals surface area contributed by atoms with Crippen molar-refractivity contribution >= 4 is 46.9 Å². The number of thioether (sulfide) groups is 1. The van der Waals surface area contributed by atoms with E-state index in [0.717, 1.165) is 21.8 Å². The minimum Gasteiger partial charge on any atom is -0.496 e. The summed E-state index contributed by atoms with van der Waals surface area (Å²) in [6.07, 6.45) is 1.83. The Morgan fingerprint density at radius 1 is 1.12 bits per heavy atom. The second-order valence-corrected chi connectivity index (χ2v) is 8.73. The molecule has 0 spiro atoms. The van der Waals surface area contributed by atoms with Crippen LogP contribution in [-0.4, -0.2) is 26.0 Å². The number of carbonyl (C=O) groups excluding carboxylic acids is 2. The molecule has 1 aliphatic rings. The van der Waals surface area contributed by atoms with Crippen molar-refractivity contribution in [2.45, 2.75) is 11.4 Å². The van der Waals surface area contributed by atoms with Gasteiger partial charge < -0.3 is 15.0 Å². The highest BCUT2D eigenvalue weighted by atomic mass is 35.5. The number of fused-ring (bicyclic) bond motifs is 1. The molecule has 4 rings (SSSR count). The Labute approximate surface area is 196 Å². The zero-order chi connectivity index (χ0) is 22.7. The number of likely N-dealkylation sites (N-methyl/N-ethyl adjacent to an activating group) is 1. The van der Waals surface area contributed by atoms with Gasteiger partial charge in [0, 0.05) is 34.6 Å². The van der Waals surface area contributed by atoms with Gasteiger partial charge in [0.1, 0.15) is 5.75 Å². The highest BCUT2D eigenvalue weighted by molar-refractivity contribution is 8.04. The molecule has 0 radical (unpaired) electrons. The van der Waals surface area contributed by atoms with Crippen LogP contribution in [0, 0.1) is 0 Å². The van der Waals surface area contributed by atoms with Crippen LogP contribution in [0.4, 0.5) is 5.69 Å². The van der Waals surface area contributed by atoms with Gasteiger partial charge in [0.25, 0.3) is 11.8 Å². The maximum absolute atomic E-state index is 12.9. The summed E-state index contributed by atoms with van der Waals surface area (Å²) < 4.78 is 5.33. The van der Waals surface area contributed by atoms with E-state index in [1.807, 2.05) is 54.6 Å². The van der Waals surface area contributed by atoms with Gasteiger partial charge in [-0.2, -0.15) is 0 Å². The van der Waals surface area contributed by atoms with Crippen LogP contribution in [0.5, 0.6) is 5.75 Å². The van der Waals surface area contributed by atoms with Crippen molar-refractivity contribution in [1.82, 2.24) is 5.32 Å². The lowest BCUT2D eigenvalue weighted by atomic mass is 10.1. The zero-order valence-corrected chi connectivity index (χ0v) is 19.2. The predicted octanol–water partition coefficient (Wildman–Crippen LogP) is 5.39. The van der Waals surface area contributed by atoms with E-state index in [-0.39, 0.29) is 11.8 Å². The molecule has 7 heteroatoms. The predicted molar refractivity (Wildman–Crippen MR) is 129 cm³/mol. The SMILES string of the molecule is COc1ccccc1CNC(=O)c1ccc2c(c1)N(C)C(=O)/C(=C/c1cccc(Cl)c1)S2. The maximum Gasteiger partial charge on any atom is 0.264 e. The third-order valence-corrected chi connectivity index (χ3v) is 6.41. The molecule has 0 atom stereocenters. The van der Waals surface area contributed by atoms with Crippen LogP contribution >= 0.6 is 23.4 Å². The summed E-state index contributed by atoms with van der Waals surface area (Å²) in [5, 5.41) is 3.53. The summed E-state index contributed by atoms with van der Waals surface area (Å²) in [6.45, 7) is 0.343. The molecule has 0 aliphatic carbocycles. The summed E-state index contributed by atoms with van der Waals surface area (Å²) in [5.74, 6) is 0.373. The Balaban J connectivity index is 1.53. The quantitative estimate of drug-likeness (QED) is 0.514. The lowest BCUT2D eigenvalue weighted by Gasteiger charge is -2.27. The lowest BCUT2D eigenvalue weighted by Crippen LogP contribution is -2.31. The lowest BCUT2D eigenvalue weighted by molar-refractivity contribution is -0.114. The highest BCUT2D eigenvalue weighted by Crippen LogP contribution is 2.42. The Kier molecular flexibility index (Phi) is 6.53. The van der Waals surface area contributed by atoms with E-state index in [1.165, 1.54) is 11.8 Å². The van der Waals surface area contributed by atoms with Gasteiger partial charge in [-0.05, 0) is 48.0 Å². The van der Waals surface area contributed by atoms with Crippen molar-refractivity contribution in [2.75, 3.05) is 19.1 Å². The number of methoxy groups -OCH3 is 1. The number of benzene rings is 3. The van der Waals surface area contributed by atoms with E-state index >= 15 is 0 Å². The summed E-state index contributed by atoms with van der Waals surface area (Å²) in [4.78, 5) is 28.7. The Bertz CT molecular complexity index is 1230. The largest absolute Gasteiger partial charge is 0.496 e. The van der Waals surface area contributed by atoms with Gasteiger partial charge in [-0.25, -0.2) is 0 Å².